The van der Waals surface area contributed by atoms with Crippen LogP contribution in [0.1, 0.15) is 72.1 Å². The molecule has 1 N–H and O–H groups in total. The Kier molecular flexibility index (Phi) is 3.57. The molecule has 2 nitrogen and oxygen atoms in total. The lowest BCUT2D eigenvalue weighted by molar-refractivity contribution is -0.207. The van der Waals surface area contributed by atoms with Gasteiger partial charge in [-0.15, -0.1) is 0 Å². The number of hydrogen-bond acceptors (Lipinski definition) is 2. The first-order valence-corrected chi connectivity index (χ1v) is 9.80. The molecule has 23 heavy (non-hydrogen) atoms. The van der Waals surface area contributed by atoms with Crippen molar-refractivity contribution in [3.05, 3.63) is 11.6 Å². The Morgan fingerprint density at radius 2 is 1.96 bits per heavy atom. The summed E-state index contributed by atoms with van der Waals surface area (Å²) in [6, 6.07) is 0. The minimum absolute atomic E-state index is 0.0798. The number of allylic oxidation sites excluding steroid dienone is 1. The Bertz CT molecular complexity index is 526. The van der Waals surface area contributed by atoms with Crippen molar-refractivity contribution in [1.82, 2.24) is 0 Å². The van der Waals surface area contributed by atoms with Gasteiger partial charge in [0.25, 0.3) is 0 Å². The average Bonchev–Trinajstić information content (AvgIpc) is 2.88. The van der Waals surface area contributed by atoms with Crippen LogP contribution in [0.3, 0.4) is 0 Å². The zero-order chi connectivity index (χ0) is 16.5. The van der Waals surface area contributed by atoms with Crippen LogP contribution in [0, 0.1) is 28.6 Å². The predicted molar refractivity (Wildman–Crippen MR) is 93.1 cm³/mol. The zero-order valence-electron chi connectivity index (χ0n) is 15.4. The molecule has 130 valence electrons. The van der Waals surface area contributed by atoms with E-state index < -0.39 is 0 Å². The number of rotatable bonds is 1. The smallest absolute Gasteiger partial charge is 0.0768 e. The van der Waals surface area contributed by atoms with Crippen LogP contribution < -0.4 is 0 Å². The highest BCUT2D eigenvalue weighted by molar-refractivity contribution is 5.28. The van der Waals surface area contributed by atoms with E-state index >= 15 is 0 Å². The van der Waals surface area contributed by atoms with Gasteiger partial charge in [0, 0.05) is 7.11 Å². The fourth-order valence-electron chi connectivity index (χ4n) is 7.39. The largest absolute Gasteiger partial charge is 0.393 e. The van der Waals surface area contributed by atoms with Crippen LogP contribution in [0.2, 0.25) is 0 Å². The van der Waals surface area contributed by atoms with Crippen molar-refractivity contribution in [1.29, 1.82) is 0 Å². The summed E-state index contributed by atoms with van der Waals surface area (Å²) < 4.78 is 6.41. The third kappa shape index (κ3) is 1.88. The topological polar surface area (TPSA) is 29.5 Å². The molecule has 0 aromatic heterocycles. The van der Waals surface area contributed by atoms with Crippen LogP contribution in [-0.2, 0) is 4.74 Å². The molecular formula is C21H34O2. The maximum absolute atomic E-state index is 10.1. The molecule has 5 unspecified atom stereocenters. The van der Waals surface area contributed by atoms with Crippen molar-refractivity contribution in [2.24, 2.45) is 28.6 Å². The molecule has 2 heteroatoms. The lowest BCUT2D eigenvalue weighted by atomic mass is 9.44. The lowest BCUT2D eigenvalue weighted by Crippen LogP contribution is -2.62. The SMILES string of the molecule is COC12CCC[C@@]1(C)C(C)CC1C2CC=C2CC(O)CC[C@@]21C. The molecule has 0 bridgehead atoms. The van der Waals surface area contributed by atoms with E-state index in [1.807, 2.05) is 7.11 Å². The standard InChI is InChI=1S/C21H34O2/c1-14-12-18-17(21(23-4)10-5-9-20(14,21)3)7-6-15-13-16(22)8-11-19(15,18)2/h6,14,16-18,22H,5,7-13H2,1-4H3/t14?,16?,17?,18?,19-,20-,21?/m0/s1. The number of methoxy groups -OCH3 is 1. The molecule has 3 saturated carbocycles. The summed E-state index contributed by atoms with van der Waals surface area (Å²) in [5, 5.41) is 10.1. The van der Waals surface area contributed by atoms with E-state index in [2.05, 4.69) is 26.8 Å². The second-order valence-electron chi connectivity index (χ2n) is 9.49. The average molecular weight is 319 g/mol. The highest BCUT2D eigenvalue weighted by atomic mass is 16.5. The molecular weight excluding hydrogens is 284 g/mol. The van der Waals surface area contributed by atoms with E-state index in [1.54, 1.807) is 5.57 Å². The lowest BCUT2D eigenvalue weighted by Gasteiger charge is -2.63. The Balaban J connectivity index is 1.79. The summed E-state index contributed by atoms with van der Waals surface area (Å²) in [4.78, 5) is 0. The summed E-state index contributed by atoms with van der Waals surface area (Å²) in [5.74, 6) is 2.13. The highest BCUT2D eigenvalue weighted by Gasteiger charge is 2.66. The van der Waals surface area contributed by atoms with Gasteiger partial charge in [0.15, 0.2) is 0 Å². The minimum atomic E-state index is -0.111. The van der Waals surface area contributed by atoms with Gasteiger partial charge >= 0.3 is 0 Å². The van der Waals surface area contributed by atoms with E-state index in [9.17, 15) is 5.11 Å². The van der Waals surface area contributed by atoms with Gasteiger partial charge in [0.2, 0.25) is 0 Å². The van der Waals surface area contributed by atoms with Crippen molar-refractivity contribution >= 4 is 0 Å². The Labute approximate surface area is 141 Å². The molecule has 4 aliphatic rings. The van der Waals surface area contributed by atoms with Crippen LogP contribution in [0.4, 0.5) is 0 Å². The monoisotopic (exact) mass is 318 g/mol. The molecule has 3 fully saturated rings. The fraction of sp³-hybridized carbons (Fsp3) is 0.905. The molecule has 0 heterocycles. The van der Waals surface area contributed by atoms with Crippen molar-refractivity contribution in [3.8, 4) is 0 Å². The van der Waals surface area contributed by atoms with Crippen molar-refractivity contribution in [3.63, 3.8) is 0 Å². The molecule has 0 aromatic rings. The molecule has 0 saturated heterocycles. The van der Waals surface area contributed by atoms with Crippen molar-refractivity contribution < 1.29 is 9.84 Å². The second kappa shape index (κ2) is 5.08. The van der Waals surface area contributed by atoms with Gasteiger partial charge in [-0.25, -0.2) is 0 Å². The number of aliphatic hydroxyl groups excluding tert-OH is 1. The van der Waals surface area contributed by atoms with Crippen LogP contribution in [-0.4, -0.2) is 23.9 Å². The normalized spacial score (nSPS) is 55.6. The third-order valence-electron chi connectivity index (χ3n) is 8.98. The van der Waals surface area contributed by atoms with Gasteiger partial charge in [-0.05, 0) is 80.0 Å². The van der Waals surface area contributed by atoms with E-state index in [-0.39, 0.29) is 11.7 Å². The van der Waals surface area contributed by atoms with E-state index in [1.165, 1.54) is 32.1 Å². The fourth-order valence-corrected chi connectivity index (χ4v) is 7.39. The van der Waals surface area contributed by atoms with E-state index in [0.717, 1.165) is 31.1 Å². The van der Waals surface area contributed by atoms with Crippen molar-refractivity contribution in [2.45, 2.75) is 83.8 Å². The molecule has 0 amide bonds. The maximum atomic E-state index is 10.1. The van der Waals surface area contributed by atoms with Gasteiger partial charge in [0.05, 0.1) is 11.7 Å². The highest BCUT2D eigenvalue weighted by Crippen LogP contribution is 2.69. The van der Waals surface area contributed by atoms with Gasteiger partial charge < -0.3 is 9.84 Å². The van der Waals surface area contributed by atoms with Gasteiger partial charge in [-0.2, -0.15) is 0 Å². The Morgan fingerprint density at radius 3 is 2.70 bits per heavy atom. The van der Waals surface area contributed by atoms with Crippen LogP contribution in [0.5, 0.6) is 0 Å². The first-order valence-electron chi connectivity index (χ1n) is 9.80. The van der Waals surface area contributed by atoms with Crippen molar-refractivity contribution in [2.75, 3.05) is 7.11 Å². The maximum Gasteiger partial charge on any atom is 0.0768 e. The first-order chi connectivity index (χ1) is 10.9. The van der Waals surface area contributed by atoms with E-state index in [0.29, 0.717) is 16.7 Å². The van der Waals surface area contributed by atoms with Gasteiger partial charge in [-0.1, -0.05) is 32.4 Å². The molecule has 0 aliphatic heterocycles. The van der Waals surface area contributed by atoms with Crippen LogP contribution >= 0.6 is 0 Å². The summed E-state index contributed by atoms with van der Waals surface area (Å²) >= 11 is 0. The molecule has 4 rings (SSSR count). The second-order valence-corrected chi connectivity index (χ2v) is 9.49. The number of fused-ring (bicyclic) bond motifs is 5. The molecule has 7 atom stereocenters. The zero-order valence-corrected chi connectivity index (χ0v) is 15.4. The predicted octanol–water partition coefficient (Wildman–Crippen LogP) is 4.72. The quantitative estimate of drug-likeness (QED) is 0.709. The number of aliphatic hydroxyl groups is 1. The van der Waals surface area contributed by atoms with Gasteiger partial charge in [-0.3, -0.25) is 0 Å². The Morgan fingerprint density at radius 1 is 1.17 bits per heavy atom. The van der Waals surface area contributed by atoms with Gasteiger partial charge in [0.1, 0.15) is 0 Å². The van der Waals surface area contributed by atoms with Crippen LogP contribution in [0.25, 0.3) is 0 Å². The summed E-state index contributed by atoms with van der Waals surface area (Å²) in [6.45, 7) is 7.49. The molecule has 0 aromatic carbocycles. The number of hydrogen-bond donors (Lipinski definition) is 1. The molecule has 0 spiro atoms. The van der Waals surface area contributed by atoms with E-state index in [4.69, 9.17) is 4.74 Å². The molecule has 0 radical (unpaired) electrons. The first kappa shape index (κ1) is 16.1. The number of ether oxygens (including phenoxy) is 1. The minimum Gasteiger partial charge on any atom is -0.393 e. The summed E-state index contributed by atoms with van der Waals surface area (Å²) in [5.41, 5.74) is 2.28. The summed E-state index contributed by atoms with van der Waals surface area (Å²) in [7, 11) is 1.98. The third-order valence-corrected chi connectivity index (χ3v) is 8.98. The molecule has 4 aliphatic carbocycles. The van der Waals surface area contributed by atoms with Crippen LogP contribution in [0.15, 0.2) is 11.6 Å². The Hall–Kier alpha value is -0.340. The summed E-state index contributed by atoms with van der Waals surface area (Å²) in [6.07, 6.45) is 11.8.